The molecule has 0 amide bonds. The lowest BCUT2D eigenvalue weighted by Crippen LogP contribution is -2.14. The van der Waals surface area contributed by atoms with Crippen LogP contribution in [0.1, 0.15) is 54.7 Å². The monoisotopic (exact) mass is 348 g/mol. The molecular weight excluding hydrogens is 324 g/mol. The van der Waals surface area contributed by atoms with Crippen LogP contribution in [0.15, 0.2) is 28.3 Å². The number of hydrogen-bond donors (Lipinski definition) is 0. The number of benzene rings is 1. The first kappa shape index (κ1) is 15.3. The molecule has 1 aromatic rings. The van der Waals surface area contributed by atoms with Crippen molar-refractivity contribution in [3.05, 3.63) is 44.9 Å². The molecule has 0 bridgehead atoms. The van der Waals surface area contributed by atoms with Gasteiger partial charge < -0.3 is 4.74 Å². The van der Waals surface area contributed by atoms with Crippen LogP contribution in [0.3, 0.4) is 0 Å². The van der Waals surface area contributed by atoms with Crippen LogP contribution < -0.4 is 0 Å². The van der Waals surface area contributed by atoms with Gasteiger partial charge in [-0.25, -0.2) is 0 Å². The van der Waals surface area contributed by atoms with Gasteiger partial charge in [0.15, 0.2) is 0 Å². The van der Waals surface area contributed by atoms with E-state index in [-0.39, 0.29) is 0 Å². The number of allylic oxidation sites excluding steroid dienone is 2. The van der Waals surface area contributed by atoms with Gasteiger partial charge in [-0.15, -0.1) is 0 Å². The number of aryl methyl sites for hydroxylation is 2. The third-order valence-electron chi connectivity index (χ3n) is 5.03. The van der Waals surface area contributed by atoms with Crippen LogP contribution in [0.5, 0.6) is 0 Å². The van der Waals surface area contributed by atoms with Crippen LogP contribution in [0.25, 0.3) is 0 Å². The highest BCUT2D eigenvalue weighted by atomic mass is 79.9. The zero-order valence-electron chi connectivity index (χ0n) is 13.1. The molecule has 21 heavy (non-hydrogen) atoms. The average Bonchev–Trinajstić information content (AvgIpc) is 2.87. The fraction of sp³-hybridized carbons (Fsp3) is 0.579. The topological polar surface area (TPSA) is 9.23 Å². The van der Waals surface area contributed by atoms with Crippen molar-refractivity contribution in [1.29, 1.82) is 0 Å². The zero-order chi connectivity index (χ0) is 14.8. The highest BCUT2D eigenvalue weighted by Gasteiger charge is 2.25. The van der Waals surface area contributed by atoms with Crippen LogP contribution in [0, 0.1) is 19.8 Å². The quantitative estimate of drug-likeness (QED) is 0.624. The Balaban J connectivity index is 1.73. The highest BCUT2D eigenvalue weighted by molar-refractivity contribution is 9.10. The number of hydrogen-bond acceptors (Lipinski definition) is 1. The van der Waals surface area contributed by atoms with Crippen molar-refractivity contribution in [2.24, 2.45) is 5.92 Å². The molecule has 1 atom stereocenters. The number of ether oxygens (including phenoxy) is 1. The fourth-order valence-electron chi connectivity index (χ4n) is 4.06. The van der Waals surface area contributed by atoms with E-state index in [0.717, 1.165) is 25.0 Å². The Hall–Kier alpha value is -0.600. The maximum atomic E-state index is 5.46. The van der Waals surface area contributed by atoms with Crippen LogP contribution in [0.4, 0.5) is 0 Å². The summed E-state index contributed by atoms with van der Waals surface area (Å²) in [7, 11) is 0. The first-order valence-corrected chi connectivity index (χ1v) is 8.96. The van der Waals surface area contributed by atoms with E-state index in [1.165, 1.54) is 47.7 Å². The van der Waals surface area contributed by atoms with Gasteiger partial charge >= 0.3 is 0 Å². The van der Waals surface area contributed by atoms with Crippen LogP contribution in [0.2, 0.25) is 0 Å². The third-order valence-corrected chi connectivity index (χ3v) is 5.48. The van der Waals surface area contributed by atoms with E-state index >= 15 is 0 Å². The van der Waals surface area contributed by atoms with Crippen molar-refractivity contribution >= 4 is 15.9 Å². The Kier molecular flexibility index (Phi) is 4.85. The molecule has 0 N–H and O–H groups in total. The van der Waals surface area contributed by atoms with Crippen molar-refractivity contribution in [1.82, 2.24) is 0 Å². The summed E-state index contributed by atoms with van der Waals surface area (Å²) in [5.74, 6) is 1.49. The molecule has 1 nitrogen and oxygen atoms in total. The predicted molar refractivity (Wildman–Crippen MR) is 91.8 cm³/mol. The van der Waals surface area contributed by atoms with Gasteiger partial charge in [-0.2, -0.15) is 0 Å². The van der Waals surface area contributed by atoms with Crippen LogP contribution in [-0.4, -0.2) is 13.2 Å². The van der Waals surface area contributed by atoms with E-state index in [1.807, 2.05) is 0 Å². The maximum absolute atomic E-state index is 5.46. The fourth-order valence-corrected chi connectivity index (χ4v) is 4.75. The summed E-state index contributed by atoms with van der Waals surface area (Å²) in [5.41, 5.74) is 6.17. The Morgan fingerprint density at radius 3 is 2.43 bits per heavy atom. The molecule has 1 unspecified atom stereocenters. The van der Waals surface area contributed by atoms with E-state index in [2.05, 4.69) is 48.0 Å². The highest BCUT2D eigenvalue weighted by Crippen LogP contribution is 2.42. The van der Waals surface area contributed by atoms with Gasteiger partial charge in [0, 0.05) is 17.7 Å². The Morgan fingerprint density at radius 1 is 1.10 bits per heavy atom. The molecule has 114 valence electrons. The molecule has 0 aromatic heterocycles. The molecule has 1 saturated carbocycles. The molecule has 0 spiro atoms. The summed E-state index contributed by atoms with van der Waals surface area (Å²) in [5, 5.41) is 0. The number of halogens is 1. The lowest BCUT2D eigenvalue weighted by atomic mass is 9.89. The van der Waals surface area contributed by atoms with Crippen LogP contribution >= 0.6 is 15.9 Å². The molecule has 0 radical (unpaired) electrons. The average molecular weight is 349 g/mol. The molecule has 2 heteroatoms. The van der Waals surface area contributed by atoms with Gasteiger partial charge in [-0.05, 0) is 86.6 Å². The largest absolute Gasteiger partial charge is 0.381 e. The van der Waals surface area contributed by atoms with Crippen molar-refractivity contribution in [2.75, 3.05) is 13.2 Å². The van der Waals surface area contributed by atoms with Gasteiger partial charge in [0.25, 0.3) is 0 Å². The first-order chi connectivity index (χ1) is 10.1. The molecule has 1 saturated heterocycles. The molecule has 3 rings (SSSR count). The van der Waals surface area contributed by atoms with Gasteiger partial charge in [-0.3, -0.25) is 0 Å². The normalized spacial score (nSPS) is 25.7. The van der Waals surface area contributed by atoms with E-state index < -0.39 is 0 Å². The molecule has 2 aliphatic rings. The summed E-state index contributed by atoms with van der Waals surface area (Å²) in [4.78, 5) is 0. The zero-order valence-corrected chi connectivity index (χ0v) is 14.7. The first-order valence-electron chi connectivity index (χ1n) is 8.17. The molecule has 1 aromatic carbocycles. The second kappa shape index (κ2) is 6.66. The van der Waals surface area contributed by atoms with Crippen molar-refractivity contribution < 1.29 is 4.74 Å². The minimum Gasteiger partial charge on any atom is -0.381 e. The van der Waals surface area contributed by atoms with Crippen molar-refractivity contribution in [3.63, 3.8) is 0 Å². The second-order valence-electron chi connectivity index (χ2n) is 6.67. The van der Waals surface area contributed by atoms with E-state index in [0.29, 0.717) is 0 Å². The Morgan fingerprint density at radius 2 is 1.76 bits per heavy atom. The standard InChI is InChI=1S/C19H25BrO/c1-13-9-18(20)10-14(2)19(13)17-4-3-16(12-17)11-15-5-7-21-8-6-15/h9-11,15,17H,3-8,12H2,1-2H3. The Labute approximate surface area is 136 Å². The predicted octanol–water partition coefficient (Wildman–Crippen LogP) is 5.69. The SMILES string of the molecule is Cc1cc(Br)cc(C)c1C1CCC(=CC2CCOCC2)C1. The smallest absolute Gasteiger partial charge is 0.0471 e. The molecule has 1 aliphatic carbocycles. The summed E-state index contributed by atoms with van der Waals surface area (Å²) in [6.45, 7) is 6.41. The second-order valence-corrected chi connectivity index (χ2v) is 7.58. The minimum atomic E-state index is 0.726. The molecule has 2 fully saturated rings. The minimum absolute atomic E-state index is 0.726. The van der Waals surface area contributed by atoms with E-state index in [4.69, 9.17) is 4.74 Å². The lowest BCUT2D eigenvalue weighted by molar-refractivity contribution is 0.0783. The van der Waals surface area contributed by atoms with Gasteiger partial charge in [0.1, 0.15) is 0 Å². The number of rotatable bonds is 2. The van der Waals surface area contributed by atoms with Crippen LogP contribution in [-0.2, 0) is 4.74 Å². The third kappa shape index (κ3) is 3.60. The summed E-state index contributed by atoms with van der Waals surface area (Å²) < 4.78 is 6.67. The van der Waals surface area contributed by atoms with Gasteiger partial charge in [0.05, 0.1) is 0 Å². The van der Waals surface area contributed by atoms with Crippen molar-refractivity contribution in [2.45, 2.75) is 51.9 Å². The van der Waals surface area contributed by atoms with E-state index in [1.54, 1.807) is 11.1 Å². The van der Waals surface area contributed by atoms with Gasteiger partial charge in [0.2, 0.25) is 0 Å². The summed E-state index contributed by atoms with van der Waals surface area (Å²) in [6.07, 6.45) is 8.87. The molecular formula is C19H25BrO. The summed E-state index contributed by atoms with van der Waals surface area (Å²) >= 11 is 3.61. The Bertz CT molecular complexity index is 517. The van der Waals surface area contributed by atoms with E-state index in [9.17, 15) is 0 Å². The van der Waals surface area contributed by atoms with Gasteiger partial charge in [-0.1, -0.05) is 27.6 Å². The molecule has 1 aliphatic heterocycles. The maximum Gasteiger partial charge on any atom is 0.0471 e. The lowest BCUT2D eigenvalue weighted by Gasteiger charge is -2.20. The molecule has 1 heterocycles. The summed E-state index contributed by atoms with van der Waals surface area (Å²) in [6, 6.07) is 4.53. The van der Waals surface area contributed by atoms with Crippen molar-refractivity contribution in [3.8, 4) is 0 Å².